The first-order chi connectivity index (χ1) is 14.6. The van der Waals surface area contributed by atoms with Crippen LogP contribution in [0.4, 0.5) is 5.69 Å². The van der Waals surface area contributed by atoms with Crippen LogP contribution in [0.2, 0.25) is 0 Å². The summed E-state index contributed by atoms with van der Waals surface area (Å²) in [4.78, 5) is 28.7. The lowest BCUT2D eigenvalue weighted by Gasteiger charge is -2.29. The molecule has 1 aliphatic rings. The average Bonchev–Trinajstić information content (AvgIpc) is 3.29. The van der Waals surface area contributed by atoms with Gasteiger partial charge in [0.05, 0.1) is 30.5 Å². The molecular formula is C23H20N2O4S. The van der Waals surface area contributed by atoms with Gasteiger partial charge in [-0.15, -0.1) is 0 Å². The van der Waals surface area contributed by atoms with Crippen molar-refractivity contribution in [3.8, 4) is 5.75 Å². The molecule has 0 radical (unpaired) electrons. The molecule has 152 valence electrons. The van der Waals surface area contributed by atoms with Crippen molar-refractivity contribution in [1.29, 1.82) is 0 Å². The zero-order valence-corrected chi connectivity index (χ0v) is 17.1. The molecule has 2 heterocycles. The van der Waals surface area contributed by atoms with Gasteiger partial charge in [-0.3, -0.25) is 14.5 Å². The van der Waals surface area contributed by atoms with Gasteiger partial charge >= 0.3 is 0 Å². The molecule has 1 aromatic heterocycles. The summed E-state index contributed by atoms with van der Waals surface area (Å²) in [5.41, 5.74) is 1.61. The smallest absolute Gasteiger partial charge is 0.265 e. The molecule has 2 amide bonds. The molecule has 0 aliphatic carbocycles. The molecule has 0 atom stereocenters. The van der Waals surface area contributed by atoms with Gasteiger partial charge in [0, 0.05) is 4.90 Å². The monoisotopic (exact) mass is 420 g/mol. The van der Waals surface area contributed by atoms with Crippen LogP contribution >= 0.6 is 11.8 Å². The largest absolute Gasteiger partial charge is 0.497 e. The highest BCUT2D eigenvalue weighted by molar-refractivity contribution is 8.04. The second kappa shape index (κ2) is 8.92. The number of amides is 2. The van der Waals surface area contributed by atoms with E-state index in [1.54, 1.807) is 25.5 Å². The van der Waals surface area contributed by atoms with Crippen molar-refractivity contribution >= 4 is 35.3 Å². The van der Waals surface area contributed by atoms with Crippen LogP contribution < -0.4 is 15.0 Å². The predicted octanol–water partition coefficient (Wildman–Crippen LogP) is 4.08. The molecule has 30 heavy (non-hydrogen) atoms. The number of furan rings is 1. The number of carbonyl (C=O) groups is 2. The summed E-state index contributed by atoms with van der Waals surface area (Å²) in [6.45, 7) is 0.204. The van der Waals surface area contributed by atoms with E-state index in [-0.39, 0.29) is 24.9 Å². The van der Waals surface area contributed by atoms with E-state index in [4.69, 9.17) is 9.15 Å². The van der Waals surface area contributed by atoms with Crippen molar-refractivity contribution < 1.29 is 18.7 Å². The molecule has 0 bridgehead atoms. The predicted molar refractivity (Wildman–Crippen MR) is 116 cm³/mol. The molecule has 3 aromatic rings. The van der Waals surface area contributed by atoms with Crippen LogP contribution in [0.5, 0.6) is 5.75 Å². The summed E-state index contributed by atoms with van der Waals surface area (Å²) in [5, 5.41) is 2.79. The van der Waals surface area contributed by atoms with Crippen molar-refractivity contribution in [2.24, 2.45) is 0 Å². The lowest BCUT2D eigenvalue weighted by molar-refractivity contribution is -0.122. The van der Waals surface area contributed by atoms with Crippen LogP contribution in [0.25, 0.3) is 6.08 Å². The van der Waals surface area contributed by atoms with Crippen LogP contribution in [0, 0.1) is 0 Å². The minimum atomic E-state index is -0.259. The summed E-state index contributed by atoms with van der Waals surface area (Å²) in [6, 6.07) is 18.6. The van der Waals surface area contributed by atoms with Gasteiger partial charge < -0.3 is 14.5 Å². The van der Waals surface area contributed by atoms with E-state index in [2.05, 4.69) is 5.32 Å². The van der Waals surface area contributed by atoms with E-state index < -0.39 is 0 Å². The first-order valence-electron chi connectivity index (χ1n) is 9.37. The Morgan fingerprint density at radius 3 is 2.67 bits per heavy atom. The molecule has 2 aromatic carbocycles. The SMILES string of the molecule is COc1ccc(C=C2Sc3ccccc3N(CC(=O)NCc3ccco3)C2=O)cc1. The lowest BCUT2D eigenvalue weighted by atomic mass is 10.2. The molecule has 1 aliphatic heterocycles. The Balaban J connectivity index is 1.56. The van der Waals surface area contributed by atoms with E-state index >= 15 is 0 Å². The number of benzene rings is 2. The second-order valence-electron chi connectivity index (χ2n) is 6.60. The molecule has 1 N–H and O–H groups in total. The molecule has 0 unspecified atom stereocenters. The topological polar surface area (TPSA) is 71.8 Å². The van der Waals surface area contributed by atoms with Crippen LogP contribution in [-0.4, -0.2) is 25.5 Å². The molecule has 7 heteroatoms. The van der Waals surface area contributed by atoms with E-state index in [0.717, 1.165) is 21.9 Å². The summed E-state index contributed by atoms with van der Waals surface area (Å²) >= 11 is 1.40. The number of thioether (sulfide) groups is 1. The molecular weight excluding hydrogens is 400 g/mol. The minimum Gasteiger partial charge on any atom is -0.497 e. The number of carbonyl (C=O) groups excluding carboxylic acids is 2. The summed E-state index contributed by atoms with van der Waals surface area (Å²) in [6.07, 6.45) is 3.38. The van der Waals surface area contributed by atoms with Gasteiger partial charge in [0.15, 0.2) is 0 Å². The van der Waals surface area contributed by atoms with Crippen molar-refractivity contribution in [3.05, 3.63) is 83.2 Å². The molecule has 4 rings (SSSR count). The Bertz CT molecular complexity index is 1070. The standard InChI is InChI=1S/C23H20N2O4S/c1-28-17-10-8-16(9-11-17)13-21-23(27)25(19-6-2-3-7-20(19)30-21)15-22(26)24-14-18-5-4-12-29-18/h2-13H,14-15H2,1H3,(H,24,26). The van der Waals surface area contributed by atoms with Gasteiger partial charge in [-0.25, -0.2) is 0 Å². The van der Waals surface area contributed by atoms with Gasteiger partial charge in [-0.1, -0.05) is 36.0 Å². The van der Waals surface area contributed by atoms with Crippen molar-refractivity contribution in [2.45, 2.75) is 11.4 Å². The van der Waals surface area contributed by atoms with E-state index in [9.17, 15) is 9.59 Å². The summed E-state index contributed by atoms with van der Waals surface area (Å²) < 4.78 is 10.4. The maximum atomic E-state index is 13.2. The average molecular weight is 420 g/mol. The normalized spacial score (nSPS) is 14.5. The van der Waals surface area contributed by atoms with E-state index in [0.29, 0.717) is 10.7 Å². The molecule has 6 nitrogen and oxygen atoms in total. The fourth-order valence-corrected chi connectivity index (χ4v) is 4.13. The maximum absolute atomic E-state index is 13.2. The van der Waals surface area contributed by atoms with Gasteiger partial charge in [0.1, 0.15) is 18.1 Å². The Hall–Kier alpha value is -3.45. The zero-order valence-electron chi connectivity index (χ0n) is 16.3. The Morgan fingerprint density at radius 2 is 1.93 bits per heavy atom. The summed E-state index contributed by atoms with van der Waals surface area (Å²) in [7, 11) is 1.61. The Morgan fingerprint density at radius 1 is 1.13 bits per heavy atom. The Labute approximate surface area is 178 Å². The highest BCUT2D eigenvalue weighted by Crippen LogP contribution is 2.41. The quantitative estimate of drug-likeness (QED) is 0.609. The molecule has 0 saturated carbocycles. The lowest BCUT2D eigenvalue weighted by Crippen LogP contribution is -2.42. The number of fused-ring (bicyclic) bond motifs is 1. The van der Waals surface area contributed by atoms with Gasteiger partial charge in [0.25, 0.3) is 5.91 Å². The third kappa shape index (κ3) is 4.41. The number of nitrogens with zero attached hydrogens (tertiary/aromatic N) is 1. The van der Waals surface area contributed by atoms with E-state index in [1.165, 1.54) is 16.7 Å². The number of methoxy groups -OCH3 is 1. The highest BCUT2D eigenvalue weighted by Gasteiger charge is 2.30. The Kier molecular flexibility index (Phi) is 5.90. The third-order valence-corrected chi connectivity index (χ3v) is 5.66. The third-order valence-electron chi connectivity index (χ3n) is 4.59. The molecule has 0 saturated heterocycles. The second-order valence-corrected chi connectivity index (χ2v) is 7.68. The maximum Gasteiger partial charge on any atom is 0.265 e. The minimum absolute atomic E-state index is 0.0724. The number of nitrogens with one attached hydrogen (secondary N) is 1. The highest BCUT2D eigenvalue weighted by atomic mass is 32.2. The fraction of sp³-hybridized carbons (Fsp3) is 0.130. The molecule has 0 spiro atoms. The van der Waals surface area contributed by atoms with Gasteiger partial charge in [-0.05, 0) is 48.0 Å². The number of rotatable bonds is 6. The summed E-state index contributed by atoms with van der Waals surface area (Å²) in [5.74, 6) is 0.942. The van der Waals surface area contributed by atoms with Crippen LogP contribution in [-0.2, 0) is 16.1 Å². The van der Waals surface area contributed by atoms with Crippen molar-refractivity contribution in [3.63, 3.8) is 0 Å². The number of ether oxygens (including phenoxy) is 1. The van der Waals surface area contributed by atoms with Crippen LogP contribution in [0.1, 0.15) is 11.3 Å². The van der Waals surface area contributed by atoms with Crippen LogP contribution in [0.15, 0.2) is 81.1 Å². The van der Waals surface area contributed by atoms with Crippen molar-refractivity contribution in [2.75, 3.05) is 18.6 Å². The number of hydrogen-bond acceptors (Lipinski definition) is 5. The number of hydrogen-bond donors (Lipinski definition) is 1. The van der Waals surface area contributed by atoms with Gasteiger partial charge in [0.2, 0.25) is 5.91 Å². The van der Waals surface area contributed by atoms with E-state index in [1.807, 2.05) is 54.6 Å². The first kappa shape index (κ1) is 19.8. The van der Waals surface area contributed by atoms with Crippen molar-refractivity contribution in [1.82, 2.24) is 5.32 Å². The first-order valence-corrected chi connectivity index (χ1v) is 10.2. The van der Waals surface area contributed by atoms with Gasteiger partial charge in [-0.2, -0.15) is 0 Å². The zero-order chi connectivity index (χ0) is 20.9. The number of para-hydroxylation sites is 1. The fourth-order valence-electron chi connectivity index (χ4n) is 3.07. The number of anilines is 1. The molecule has 0 fully saturated rings. The van der Waals surface area contributed by atoms with Crippen LogP contribution in [0.3, 0.4) is 0 Å².